The van der Waals surface area contributed by atoms with Crippen LogP contribution in [-0.2, 0) is 16.1 Å². The van der Waals surface area contributed by atoms with Gasteiger partial charge in [-0.2, -0.15) is 0 Å². The number of aromatic nitrogens is 1. The zero-order valence-corrected chi connectivity index (χ0v) is 12.0. The number of ketones is 1. The van der Waals surface area contributed by atoms with Crippen molar-refractivity contribution in [2.45, 2.75) is 13.5 Å². The fourth-order valence-electron chi connectivity index (χ4n) is 1.77. The molecule has 0 saturated carbocycles. The first kappa shape index (κ1) is 15.4. The van der Waals surface area contributed by atoms with Gasteiger partial charge < -0.3 is 10.6 Å². The topological polar surface area (TPSA) is 88.2 Å². The predicted molar refractivity (Wildman–Crippen MR) is 81.2 cm³/mol. The smallest absolute Gasteiger partial charge is 0.313 e. The predicted octanol–water partition coefficient (Wildman–Crippen LogP) is 1.54. The minimum atomic E-state index is -0.783. The van der Waals surface area contributed by atoms with Crippen molar-refractivity contribution in [2.75, 3.05) is 5.32 Å². The third-order valence-electron chi connectivity index (χ3n) is 2.94. The number of carbonyl (C=O) groups excluding carboxylic acids is 3. The summed E-state index contributed by atoms with van der Waals surface area (Å²) in [5.41, 5.74) is 1.71. The summed E-state index contributed by atoms with van der Waals surface area (Å²) in [5, 5.41) is 4.97. The van der Waals surface area contributed by atoms with Gasteiger partial charge in [-0.25, -0.2) is 0 Å². The molecular weight excluding hydrogens is 282 g/mol. The van der Waals surface area contributed by atoms with Crippen molar-refractivity contribution >= 4 is 23.3 Å². The van der Waals surface area contributed by atoms with Gasteiger partial charge in [0.05, 0.1) is 0 Å². The third-order valence-corrected chi connectivity index (χ3v) is 2.94. The molecule has 0 aliphatic carbocycles. The monoisotopic (exact) mass is 297 g/mol. The van der Waals surface area contributed by atoms with Crippen LogP contribution in [0, 0.1) is 0 Å². The van der Waals surface area contributed by atoms with Gasteiger partial charge >= 0.3 is 11.8 Å². The minimum absolute atomic E-state index is 0.113. The van der Waals surface area contributed by atoms with E-state index in [2.05, 4.69) is 15.6 Å². The number of nitrogens with one attached hydrogen (secondary N) is 2. The molecule has 0 saturated heterocycles. The van der Waals surface area contributed by atoms with Crippen LogP contribution >= 0.6 is 0 Å². The normalized spacial score (nSPS) is 9.86. The van der Waals surface area contributed by atoms with Gasteiger partial charge in [-0.05, 0) is 36.8 Å². The summed E-state index contributed by atoms with van der Waals surface area (Å²) in [7, 11) is 0. The van der Waals surface area contributed by atoms with Gasteiger partial charge in [0.25, 0.3) is 0 Å². The van der Waals surface area contributed by atoms with Crippen LogP contribution in [0.3, 0.4) is 0 Å². The van der Waals surface area contributed by atoms with Crippen LogP contribution < -0.4 is 10.6 Å². The van der Waals surface area contributed by atoms with Crippen molar-refractivity contribution in [1.29, 1.82) is 0 Å². The first-order valence-corrected chi connectivity index (χ1v) is 6.65. The van der Waals surface area contributed by atoms with Gasteiger partial charge in [0.15, 0.2) is 5.78 Å². The molecular formula is C16H15N3O3. The molecule has 1 heterocycles. The Balaban J connectivity index is 1.92. The summed E-state index contributed by atoms with van der Waals surface area (Å²) in [6.45, 7) is 1.67. The second kappa shape index (κ2) is 7.12. The molecule has 2 N–H and O–H groups in total. The maximum absolute atomic E-state index is 11.8. The molecule has 6 nitrogen and oxygen atoms in total. The van der Waals surface area contributed by atoms with E-state index in [0.29, 0.717) is 11.3 Å². The maximum Gasteiger partial charge on any atom is 0.313 e. The minimum Gasteiger partial charge on any atom is -0.344 e. The molecule has 2 rings (SSSR count). The highest BCUT2D eigenvalue weighted by Crippen LogP contribution is 2.11. The average Bonchev–Trinajstić information content (AvgIpc) is 2.53. The fourth-order valence-corrected chi connectivity index (χ4v) is 1.77. The SMILES string of the molecule is CC(=O)c1cccc(NC(=O)C(=O)NCc2ccncc2)c1. The van der Waals surface area contributed by atoms with Crippen LogP contribution in [0.25, 0.3) is 0 Å². The summed E-state index contributed by atoms with van der Waals surface area (Å²) < 4.78 is 0. The summed E-state index contributed by atoms with van der Waals surface area (Å²) in [4.78, 5) is 38.7. The molecule has 1 aromatic heterocycles. The first-order valence-electron chi connectivity index (χ1n) is 6.65. The molecule has 1 aromatic carbocycles. The molecule has 0 bridgehead atoms. The quantitative estimate of drug-likeness (QED) is 0.662. The van der Waals surface area contributed by atoms with E-state index in [1.807, 2.05) is 0 Å². The van der Waals surface area contributed by atoms with Crippen LogP contribution in [0.4, 0.5) is 5.69 Å². The summed E-state index contributed by atoms with van der Waals surface area (Å²) in [5.74, 6) is -1.64. The molecule has 0 fully saturated rings. The molecule has 0 radical (unpaired) electrons. The Morgan fingerprint density at radius 2 is 1.77 bits per heavy atom. The number of anilines is 1. The highest BCUT2D eigenvalue weighted by atomic mass is 16.2. The van der Waals surface area contributed by atoms with Gasteiger partial charge in [0.1, 0.15) is 0 Å². The number of Topliss-reactive ketones (excluding diaryl/α,β-unsaturated/α-hetero) is 1. The van der Waals surface area contributed by atoms with E-state index in [1.165, 1.54) is 13.0 Å². The van der Waals surface area contributed by atoms with Crippen molar-refractivity contribution in [3.63, 3.8) is 0 Å². The van der Waals surface area contributed by atoms with Crippen LogP contribution in [0.5, 0.6) is 0 Å². The average molecular weight is 297 g/mol. The highest BCUT2D eigenvalue weighted by molar-refractivity contribution is 6.39. The number of benzene rings is 1. The Labute approximate surface area is 127 Å². The fraction of sp³-hybridized carbons (Fsp3) is 0.125. The molecule has 0 unspecified atom stereocenters. The van der Waals surface area contributed by atoms with Crippen LogP contribution in [-0.4, -0.2) is 22.6 Å². The van der Waals surface area contributed by atoms with Crippen molar-refractivity contribution in [1.82, 2.24) is 10.3 Å². The van der Waals surface area contributed by atoms with Crippen molar-refractivity contribution in [2.24, 2.45) is 0 Å². The van der Waals surface area contributed by atoms with Gasteiger partial charge in [0.2, 0.25) is 0 Å². The van der Waals surface area contributed by atoms with Gasteiger partial charge in [-0.1, -0.05) is 12.1 Å². The molecule has 2 aromatic rings. The van der Waals surface area contributed by atoms with Crippen LogP contribution in [0.15, 0.2) is 48.8 Å². The zero-order valence-electron chi connectivity index (χ0n) is 12.0. The Morgan fingerprint density at radius 3 is 2.45 bits per heavy atom. The number of amides is 2. The van der Waals surface area contributed by atoms with Crippen LogP contribution in [0.1, 0.15) is 22.8 Å². The van der Waals surface area contributed by atoms with Gasteiger partial charge in [-0.3, -0.25) is 19.4 Å². The Kier molecular flexibility index (Phi) is 4.98. The van der Waals surface area contributed by atoms with E-state index < -0.39 is 11.8 Å². The van der Waals surface area contributed by atoms with E-state index in [-0.39, 0.29) is 12.3 Å². The van der Waals surface area contributed by atoms with Crippen molar-refractivity contribution < 1.29 is 14.4 Å². The lowest BCUT2D eigenvalue weighted by Gasteiger charge is -2.07. The number of hydrogen-bond donors (Lipinski definition) is 2. The molecule has 0 atom stereocenters. The Bertz CT molecular complexity index is 699. The summed E-state index contributed by atoms with van der Waals surface area (Å²) in [6.07, 6.45) is 3.21. The van der Waals surface area contributed by atoms with E-state index in [9.17, 15) is 14.4 Å². The van der Waals surface area contributed by atoms with E-state index in [4.69, 9.17) is 0 Å². The number of pyridine rings is 1. The standard InChI is InChI=1S/C16H15N3O3/c1-11(20)13-3-2-4-14(9-13)19-16(22)15(21)18-10-12-5-7-17-8-6-12/h2-9H,10H2,1H3,(H,18,21)(H,19,22). The molecule has 112 valence electrons. The summed E-state index contributed by atoms with van der Waals surface area (Å²) in [6, 6.07) is 9.91. The van der Waals surface area contributed by atoms with E-state index >= 15 is 0 Å². The van der Waals surface area contributed by atoms with Crippen LogP contribution in [0.2, 0.25) is 0 Å². The number of nitrogens with zero attached hydrogens (tertiary/aromatic N) is 1. The van der Waals surface area contributed by atoms with E-state index in [1.54, 1.807) is 42.7 Å². The lowest BCUT2D eigenvalue weighted by atomic mass is 10.1. The second-order valence-corrected chi connectivity index (χ2v) is 4.63. The lowest BCUT2D eigenvalue weighted by Crippen LogP contribution is -2.34. The zero-order chi connectivity index (χ0) is 15.9. The molecule has 6 heteroatoms. The van der Waals surface area contributed by atoms with E-state index in [0.717, 1.165) is 5.56 Å². The van der Waals surface area contributed by atoms with Crippen molar-refractivity contribution in [3.05, 3.63) is 59.9 Å². The second-order valence-electron chi connectivity index (χ2n) is 4.63. The molecule has 22 heavy (non-hydrogen) atoms. The summed E-state index contributed by atoms with van der Waals surface area (Å²) >= 11 is 0. The lowest BCUT2D eigenvalue weighted by molar-refractivity contribution is -0.136. The Morgan fingerprint density at radius 1 is 1.05 bits per heavy atom. The third kappa shape index (κ3) is 4.24. The van der Waals surface area contributed by atoms with Crippen molar-refractivity contribution in [3.8, 4) is 0 Å². The largest absolute Gasteiger partial charge is 0.344 e. The molecule has 0 aliphatic rings. The first-order chi connectivity index (χ1) is 10.6. The molecule has 2 amide bonds. The van der Waals surface area contributed by atoms with Gasteiger partial charge in [0, 0.05) is 30.2 Å². The number of rotatable bonds is 4. The highest BCUT2D eigenvalue weighted by Gasteiger charge is 2.13. The molecule has 0 spiro atoms. The molecule has 0 aliphatic heterocycles. The maximum atomic E-state index is 11.8. The van der Waals surface area contributed by atoms with Gasteiger partial charge in [-0.15, -0.1) is 0 Å². The number of hydrogen-bond acceptors (Lipinski definition) is 4. The number of carbonyl (C=O) groups is 3. The Hall–Kier alpha value is -3.02.